The third-order valence-corrected chi connectivity index (χ3v) is 9.05. The van der Waals surface area contributed by atoms with Crippen LogP contribution in [-0.4, -0.2) is 79.1 Å². The van der Waals surface area contributed by atoms with E-state index in [0.29, 0.717) is 51.0 Å². The number of ether oxygens (including phenoxy) is 1. The second-order valence-corrected chi connectivity index (χ2v) is 12.5. The molecule has 3 amide bonds. The van der Waals surface area contributed by atoms with Gasteiger partial charge in [0.2, 0.25) is 17.7 Å². The van der Waals surface area contributed by atoms with Crippen LogP contribution < -0.4 is 16.0 Å². The van der Waals surface area contributed by atoms with Crippen molar-refractivity contribution in [3.05, 3.63) is 28.8 Å². The number of benzene rings is 1. The van der Waals surface area contributed by atoms with Crippen LogP contribution in [0, 0.1) is 5.92 Å². The molecule has 2 aliphatic rings. The van der Waals surface area contributed by atoms with Gasteiger partial charge in [-0.1, -0.05) is 46.1 Å². The smallest absolute Gasteiger partial charge is 0.243 e. The Morgan fingerprint density at radius 1 is 1.07 bits per heavy atom. The Bertz CT molecular complexity index is 1140. The van der Waals surface area contributed by atoms with Gasteiger partial charge in [-0.05, 0) is 42.4 Å². The number of carbonyl (C=O) groups is 3. The van der Waals surface area contributed by atoms with Gasteiger partial charge < -0.3 is 20.7 Å². The molecule has 1 aliphatic carbocycles. The molecule has 1 aliphatic heterocycles. The fourth-order valence-corrected chi connectivity index (χ4v) is 6.57. The Morgan fingerprint density at radius 3 is 2.52 bits per heavy atom. The molecule has 2 atom stereocenters. The number of nitrogens with zero attached hydrogens (tertiary/aromatic N) is 2. The zero-order valence-corrected chi connectivity index (χ0v) is 25.0. The molecule has 0 bridgehead atoms. The maximum atomic E-state index is 13.7. The summed E-state index contributed by atoms with van der Waals surface area (Å²) < 4.78 is 6.47. The highest BCUT2D eigenvalue weighted by atomic mass is 32.1. The summed E-state index contributed by atoms with van der Waals surface area (Å²) >= 11 is 1.57. The van der Waals surface area contributed by atoms with Gasteiger partial charge in [0, 0.05) is 38.5 Å². The molecule has 3 N–H and O–H groups in total. The zero-order valence-electron chi connectivity index (χ0n) is 24.2. The minimum atomic E-state index is -0.729. The topological polar surface area (TPSA) is 113 Å². The number of hydrogen-bond donors (Lipinski definition) is 3. The number of aromatic nitrogens is 1. The molecule has 1 saturated heterocycles. The average molecular weight is 572 g/mol. The van der Waals surface area contributed by atoms with Gasteiger partial charge in [0.1, 0.15) is 6.04 Å². The largest absolute Gasteiger partial charge is 0.379 e. The second-order valence-electron chi connectivity index (χ2n) is 11.4. The molecule has 1 unspecified atom stereocenters. The number of hydrogen-bond acceptors (Lipinski definition) is 7. The van der Waals surface area contributed by atoms with Gasteiger partial charge in [-0.3, -0.25) is 19.3 Å². The standard InChI is InChI=1S/C30H45N5O4S/c1-4-27(36)32-24(17-29-33-23-11-10-22(20(2)3)16-26(23)40-29)30(38)34-25(21-8-6-5-7-9-21)18-31-28(37)19-35-12-14-39-15-13-35/h10-11,16,20-21,24-25H,4-9,12-15,17-19H2,1-3H3,(H,31,37)(H,32,36)(H,34,38)/t24?,25-/m1/s1. The summed E-state index contributed by atoms with van der Waals surface area (Å²) in [6.45, 7) is 9.62. The van der Waals surface area contributed by atoms with Crippen LogP contribution >= 0.6 is 11.3 Å². The van der Waals surface area contributed by atoms with Gasteiger partial charge in [-0.15, -0.1) is 11.3 Å². The fraction of sp³-hybridized carbons (Fsp3) is 0.667. The average Bonchev–Trinajstić information content (AvgIpc) is 3.37. The Labute approximate surface area is 241 Å². The lowest BCUT2D eigenvalue weighted by Gasteiger charge is -2.33. The summed E-state index contributed by atoms with van der Waals surface area (Å²) in [6, 6.07) is 5.38. The monoisotopic (exact) mass is 571 g/mol. The van der Waals surface area contributed by atoms with E-state index in [-0.39, 0.29) is 23.8 Å². The number of amides is 3. The van der Waals surface area contributed by atoms with Gasteiger partial charge in [0.05, 0.1) is 35.0 Å². The van der Waals surface area contributed by atoms with E-state index in [9.17, 15) is 14.4 Å². The predicted molar refractivity (Wildman–Crippen MR) is 158 cm³/mol. The van der Waals surface area contributed by atoms with Gasteiger partial charge in [0.15, 0.2) is 0 Å². The van der Waals surface area contributed by atoms with Crippen molar-refractivity contribution in [1.29, 1.82) is 0 Å². The maximum Gasteiger partial charge on any atom is 0.243 e. The molecule has 2 heterocycles. The van der Waals surface area contributed by atoms with E-state index in [1.54, 1.807) is 18.3 Å². The van der Waals surface area contributed by atoms with E-state index >= 15 is 0 Å². The highest BCUT2D eigenvalue weighted by Gasteiger charge is 2.30. The van der Waals surface area contributed by atoms with Crippen LogP contribution in [0.2, 0.25) is 0 Å². The van der Waals surface area contributed by atoms with Gasteiger partial charge >= 0.3 is 0 Å². The highest BCUT2D eigenvalue weighted by Crippen LogP contribution is 2.28. The molecule has 2 aromatic rings. The maximum absolute atomic E-state index is 13.7. The van der Waals surface area contributed by atoms with Crippen molar-refractivity contribution in [2.45, 2.75) is 83.7 Å². The Morgan fingerprint density at radius 2 is 1.82 bits per heavy atom. The summed E-state index contributed by atoms with van der Waals surface area (Å²) in [5.41, 5.74) is 2.16. The first-order valence-corrected chi connectivity index (χ1v) is 15.7. The van der Waals surface area contributed by atoms with E-state index in [4.69, 9.17) is 9.72 Å². The van der Waals surface area contributed by atoms with Gasteiger partial charge in [0.25, 0.3) is 0 Å². The highest BCUT2D eigenvalue weighted by molar-refractivity contribution is 7.18. The van der Waals surface area contributed by atoms with Crippen LogP contribution in [0.4, 0.5) is 0 Å². The van der Waals surface area contributed by atoms with Crippen molar-refractivity contribution < 1.29 is 19.1 Å². The quantitative estimate of drug-likeness (QED) is 0.360. The van der Waals surface area contributed by atoms with E-state index < -0.39 is 6.04 Å². The van der Waals surface area contributed by atoms with Crippen molar-refractivity contribution in [1.82, 2.24) is 25.8 Å². The molecule has 9 nitrogen and oxygen atoms in total. The normalized spacial score (nSPS) is 18.4. The Hall–Kier alpha value is -2.56. The van der Waals surface area contributed by atoms with Crippen LogP contribution in [0.15, 0.2) is 18.2 Å². The van der Waals surface area contributed by atoms with E-state index in [1.165, 1.54) is 12.0 Å². The third-order valence-electron chi connectivity index (χ3n) is 8.01. The van der Waals surface area contributed by atoms with Gasteiger partial charge in [-0.25, -0.2) is 4.98 Å². The first-order valence-electron chi connectivity index (χ1n) is 14.9. The molecule has 1 aromatic heterocycles. The number of nitrogens with one attached hydrogen (secondary N) is 3. The van der Waals surface area contributed by atoms with Crippen LogP contribution in [0.1, 0.15) is 75.8 Å². The molecule has 40 heavy (non-hydrogen) atoms. The summed E-state index contributed by atoms with van der Waals surface area (Å²) in [7, 11) is 0. The lowest BCUT2D eigenvalue weighted by atomic mass is 9.83. The minimum absolute atomic E-state index is 0.0389. The molecule has 4 rings (SSSR count). The Kier molecular flexibility index (Phi) is 11.3. The van der Waals surface area contributed by atoms with Crippen LogP contribution in [0.25, 0.3) is 10.2 Å². The molecule has 220 valence electrons. The summed E-state index contributed by atoms with van der Waals surface area (Å²) in [5, 5.41) is 10.0. The first kappa shape index (κ1) is 30.4. The fourth-order valence-electron chi connectivity index (χ4n) is 5.51. The number of morpholine rings is 1. The summed E-state index contributed by atoms with van der Waals surface area (Å²) in [4.78, 5) is 45.7. The summed E-state index contributed by atoms with van der Waals surface area (Å²) in [5.74, 6) is 0.283. The first-order chi connectivity index (χ1) is 19.3. The molecule has 0 spiro atoms. The minimum Gasteiger partial charge on any atom is -0.379 e. The number of fused-ring (bicyclic) bond motifs is 1. The second kappa shape index (κ2) is 14.9. The number of thiazole rings is 1. The van der Waals surface area contributed by atoms with Crippen LogP contribution in [-0.2, 0) is 25.5 Å². The molecule has 1 aromatic carbocycles. The molecule has 10 heteroatoms. The predicted octanol–water partition coefficient (Wildman–Crippen LogP) is 3.37. The molecule has 2 fully saturated rings. The number of carbonyl (C=O) groups excluding carboxylic acids is 3. The van der Waals surface area contributed by atoms with Crippen molar-refractivity contribution in [3.8, 4) is 0 Å². The Balaban J connectivity index is 1.44. The van der Waals surface area contributed by atoms with Crippen LogP contribution in [0.5, 0.6) is 0 Å². The molecule has 0 radical (unpaired) electrons. The van der Waals surface area contributed by atoms with Crippen molar-refractivity contribution in [2.24, 2.45) is 5.92 Å². The van der Waals surface area contributed by atoms with Crippen molar-refractivity contribution in [3.63, 3.8) is 0 Å². The van der Waals surface area contributed by atoms with Crippen molar-refractivity contribution >= 4 is 39.3 Å². The summed E-state index contributed by atoms with van der Waals surface area (Å²) in [6.07, 6.45) is 6.11. The molecular formula is C30H45N5O4S. The number of rotatable bonds is 12. The lowest BCUT2D eigenvalue weighted by molar-refractivity contribution is -0.129. The van der Waals surface area contributed by atoms with Crippen LogP contribution in [0.3, 0.4) is 0 Å². The van der Waals surface area contributed by atoms with Gasteiger partial charge in [-0.2, -0.15) is 0 Å². The van der Waals surface area contributed by atoms with Crippen molar-refractivity contribution in [2.75, 3.05) is 39.4 Å². The van der Waals surface area contributed by atoms with E-state index in [1.807, 2.05) is 6.07 Å². The van der Waals surface area contributed by atoms with E-state index in [2.05, 4.69) is 46.8 Å². The van der Waals surface area contributed by atoms with E-state index in [0.717, 1.165) is 54.0 Å². The molecular weight excluding hydrogens is 526 g/mol. The molecule has 1 saturated carbocycles. The third kappa shape index (κ3) is 8.72. The zero-order chi connectivity index (χ0) is 28.5. The lowest BCUT2D eigenvalue weighted by Crippen LogP contribution is -2.55. The SMILES string of the molecule is CCC(=O)NC(Cc1nc2ccc(C(C)C)cc2s1)C(=O)N[C@H](CNC(=O)CN1CCOCC1)C1CCCCC1.